The van der Waals surface area contributed by atoms with E-state index in [9.17, 15) is 4.79 Å². The molecule has 2 heterocycles. The third-order valence-electron chi connectivity index (χ3n) is 5.81. The lowest BCUT2D eigenvalue weighted by Crippen LogP contribution is -2.28. The van der Waals surface area contributed by atoms with Crippen LogP contribution in [0, 0.1) is 6.92 Å². The number of nitrogens with one attached hydrogen (secondary N) is 2. The first kappa shape index (κ1) is 20.7. The average Bonchev–Trinajstić information content (AvgIpc) is 3.45. The molecule has 0 aliphatic carbocycles. The van der Waals surface area contributed by atoms with Crippen molar-refractivity contribution in [3.8, 4) is 5.69 Å². The number of fused-ring (bicyclic) bond motifs is 1. The van der Waals surface area contributed by atoms with Gasteiger partial charge in [-0.1, -0.05) is 48.5 Å². The highest BCUT2D eigenvalue weighted by Crippen LogP contribution is 2.28. The van der Waals surface area contributed by atoms with Gasteiger partial charge in [-0.15, -0.1) is 5.10 Å². The van der Waals surface area contributed by atoms with Crippen molar-refractivity contribution in [2.45, 2.75) is 26.4 Å². The van der Waals surface area contributed by atoms with E-state index in [1.165, 1.54) is 16.8 Å². The zero-order valence-electron chi connectivity index (χ0n) is 18.4. The van der Waals surface area contributed by atoms with Gasteiger partial charge < -0.3 is 15.5 Å². The summed E-state index contributed by atoms with van der Waals surface area (Å²) in [6.45, 7) is 4.21. The molecule has 0 fully saturated rings. The van der Waals surface area contributed by atoms with Crippen LogP contribution in [0.4, 0.5) is 16.2 Å². The molecular formula is C25H25N7O. The molecule has 4 aromatic rings. The Hall–Kier alpha value is -4.20. The molecule has 0 radical (unpaired) electrons. The number of hydrogen-bond donors (Lipinski definition) is 2. The number of nitrogens with zero attached hydrogens (tertiary/aromatic N) is 5. The largest absolute Gasteiger partial charge is 0.367 e. The molecule has 2 N–H and O–H groups in total. The highest BCUT2D eigenvalue weighted by Gasteiger charge is 2.18. The van der Waals surface area contributed by atoms with Crippen LogP contribution in [0.2, 0.25) is 0 Å². The van der Waals surface area contributed by atoms with Crippen LogP contribution in [0.5, 0.6) is 0 Å². The predicted molar refractivity (Wildman–Crippen MR) is 127 cm³/mol. The molecule has 0 saturated carbocycles. The molecule has 8 heteroatoms. The summed E-state index contributed by atoms with van der Waals surface area (Å²) >= 11 is 0. The molecule has 0 spiro atoms. The molecule has 0 saturated heterocycles. The summed E-state index contributed by atoms with van der Waals surface area (Å²) in [7, 11) is 0. The van der Waals surface area contributed by atoms with Gasteiger partial charge in [-0.2, -0.15) is 4.68 Å². The summed E-state index contributed by atoms with van der Waals surface area (Å²) in [5.74, 6) is 0.675. The van der Waals surface area contributed by atoms with Crippen molar-refractivity contribution in [1.82, 2.24) is 25.5 Å². The van der Waals surface area contributed by atoms with Crippen LogP contribution in [-0.2, 0) is 19.5 Å². The van der Waals surface area contributed by atoms with E-state index in [2.05, 4.69) is 79.6 Å². The maximum Gasteiger partial charge on any atom is 0.319 e. The number of para-hydroxylation sites is 1. The van der Waals surface area contributed by atoms with Gasteiger partial charge >= 0.3 is 6.03 Å². The lowest BCUT2D eigenvalue weighted by Gasteiger charge is -2.19. The van der Waals surface area contributed by atoms with Crippen LogP contribution < -0.4 is 15.5 Å². The van der Waals surface area contributed by atoms with Gasteiger partial charge in [0.05, 0.1) is 5.69 Å². The fraction of sp³-hybridized carbons (Fsp3) is 0.200. The third-order valence-corrected chi connectivity index (χ3v) is 5.81. The number of aromatic nitrogens is 4. The van der Waals surface area contributed by atoms with Gasteiger partial charge in [0.1, 0.15) is 0 Å². The third kappa shape index (κ3) is 4.69. The average molecular weight is 440 g/mol. The number of aryl methyl sites for hydroxylation is 1. The van der Waals surface area contributed by atoms with E-state index in [0.29, 0.717) is 18.1 Å². The topological polar surface area (TPSA) is 88.0 Å². The van der Waals surface area contributed by atoms with Crippen molar-refractivity contribution in [2.24, 2.45) is 0 Å². The van der Waals surface area contributed by atoms with Gasteiger partial charge in [0.15, 0.2) is 5.82 Å². The summed E-state index contributed by atoms with van der Waals surface area (Å²) < 4.78 is 1.62. The summed E-state index contributed by atoms with van der Waals surface area (Å²) in [5.41, 5.74) is 6.51. The lowest BCUT2D eigenvalue weighted by molar-refractivity contribution is 0.251. The molecule has 1 aliphatic heterocycles. The minimum Gasteiger partial charge on any atom is -0.367 e. The standard InChI is InChI=1S/C25H25N7O/c1-18-28-29-30-32(18)23-7-4-6-22(15-23)27-25(33)26-16-19-9-11-20(12-10-19)17-31-14-13-21-5-2-3-8-24(21)31/h2-12,15H,13-14,16-17H2,1H3,(H2,26,27,33). The maximum absolute atomic E-state index is 12.4. The first-order chi connectivity index (χ1) is 16.2. The molecule has 1 aromatic heterocycles. The number of rotatable bonds is 6. The van der Waals surface area contributed by atoms with E-state index in [1.54, 1.807) is 4.68 Å². The van der Waals surface area contributed by atoms with E-state index in [0.717, 1.165) is 30.8 Å². The summed E-state index contributed by atoms with van der Waals surface area (Å²) in [5, 5.41) is 17.3. The Kier molecular flexibility index (Phi) is 5.72. The molecule has 0 atom stereocenters. The van der Waals surface area contributed by atoms with Crippen molar-refractivity contribution in [1.29, 1.82) is 0 Å². The van der Waals surface area contributed by atoms with Crippen LogP contribution >= 0.6 is 0 Å². The van der Waals surface area contributed by atoms with Crippen LogP contribution in [0.3, 0.4) is 0 Å². The summed E-state index contributed by atoms with van der Waals surface area (Å²) in [6.07, 6.45) is 1.10. The Morgan fingerprint density at radius 3 is 2.64 bits per heavy atom. The van der Waals surface area contributed by atoms with E-state index in [-0.39, 0.29) is 6.03 Å². The van der Waals surface area contributed by atoms with E-state index in [4.69, 9.17) is 0 Å². The molecule has 0 bridgehead atoms. The minimum atomic E-state index is -0.265. The highest BCUT2D eigenvalue weighted by atomic mass is 16.2. The first-order valence-electron chi connectivity index (χ1n) is 11.0. The first-order valence-corrected chi connectivity index (χ1v) is 11.0. The van der Waals surface area contributed by atoms with Crippen molar-refractivity contribution in [2.75, 3.05) is 16.8 Å². The number of amides is 2. The van der Waals surface area contributed by atoms with Crippen LogP contribution in [0.15, 0.2) is 72.8 Å². The quantitative estimate of drug-likeness (QED) is 0.476. The zero-order valence-corrected chi connectivity index (χ0v) is 18.4. The molecule has 1 aliphatic rings. The number of carbonyl (C=O) groups excluding carboxylic acids is 1. The van der Waals surface area contributed by atoms with Crippen LogP contribution in [-0.4, -0.2) is 32.8 Å². The van der Waals surface area contributed by atoms with Gasteiger partial charge in [-0.3, -0.25) is 0 Å². The molecule has 33 heavy (non-hydrogen) atoms. The molecule has 166 valence electrons. The molecule has 8 nitrogen and oxygen atoms in total. The van der Waals surface area contributed by atoms with Crippen molar-refractivity contribution in [3.05, 3.63) is 95.3 Å². The second-order valence-corrected chi connectivity index (χ2v) is 8.11. The van der Waals surface area contributed by atoms with E-state index < -0.39 is 0 Å². The summed E-state index contributed by atoms with van der Waals surface area (Å²) in [4.78, 5) is 14.8. The minimum absolute atomic E-state index is 0.265. The molecule has 2 amide bonds. The number of anilines is 2. The van der Waals surface area contributed by atoms with E-state index >= 15 is 0 Å². The number of carbonyl (C=O) groups is 1. The van der Waals surface area contributed by atoms with Gasteiger partial charge in [-0.25, -0.2) is 4.79 Å². The second-order valence-electron chi connectivity index (χ2n) is 8.11. The molecular weight excluding hydrogens is 414 g/mol. The number of urea groups is 1. The second kappa shape index (κ2) is 9.12. The zero-order chi connectivity index (χ0) is 22.6. The maximum atomic E-state index is 12.4. The highest BCUT2D eigenvalue weighted by molar-refractivity contribution is 5.89. The smallest absolute Gasteiger partial charge is 0.319 e. The van der Waals surface area contributed by atoms with Gasteiger partial charge in [-0.05, 0) is 64.7 Å². The predicted octanol–water partition coefficient (Wildman–Crippen LogP) is 3.86. The SMILES string of the molecule is Cc1nnnn1-c1cccc(NC(=O)NCc2ccc(CN3CCc4ccccc43)cc2)c1. The number of benzene rings is 3. The lowest BCUT2D eigenvalue weighted by atomic mass is 10.1. The van der Waals surface area contributed by atoms with Crippen molar-refractivity contribution in [3.63, 3.8) is 0 Å². The fourth-order valence-electron chi connectivity index (χ4n) is 4.10. The molecule has 0 unspecified atom stereocenters. The van der Waals surface area contributed by atoms with Gasteiger partial charge in [0.25, 0.3) is 0 Å². The number of tetrazole rings is 1. The Morgan fingerprint density at radius 1 is 1.00 bits per heavy atom. The Balaban J connectivity index is 1.14. The summed E-state index contributed by atoms with van der Waals surface area (Å²) in [6, 6.07) is 24.1. The Morgan fingerprint density at radius 2 is 1.82 bits per heavy atom. The van der Waals surface area contributed by atoms with E-state index in [1.807, 2.05) is 31.2 Å². The molecule has 5 rings (SSSR count). The van der Waals surface area contributed by atoms with Crippen molar-refractivity contribution >= 4 is 17.4 Å². The van der Waals surface area contributed by atoms with Crippen molar-refractivity contribution < 1.29 is 4.79 Å². The van der Waals surface area contributed by atoms with Gasteiger partial charge in [0, 0.05) is 31.0 Å². The fourth-order valence-corrected chi connectivity index (χ4v) is 4.10. The van der Waals surface area contributed by atoms with Crippen LogP contribution in [0.25, 0.3) is 5.69 Å². The Bertz CT molecular complexity index is 1270. The monoisotopic (exact) mass is 439 g/mol. The normalized spacial score (nSPS) is 12.5. The van der Waals surface area contributed by atoms with Gasteiger partial charge in [0.2, 0.25) is 0 Å². The number of hydrogen-bond acceptors (Lipinski definition) is 5. The Labute approximate surface area is 192 Å². The molecule has 3 aromatic carbocycles. The van der Waals surface area contributed by atoms with Crippen LogP contribution in [0.1, 0.15) is 22.5 Å².